The summed E-state index contributed by atoms with van der Waals surface area (Å²) in [6.07, 6.45) is 1.67. The van der Waals surface area contributed by atoms with E-state index in [1.165, 1.54) is 19.1 Å². The second-order valence-corrected chi connectivity index (χ2v) is 7.16. The smallest absolute Gasteiger partial charge is 0.309 e. The number of amides is 1. The predicted octanol–water partition coefficient (Wildman–Crippen LogP) is 3.13. The van der Waals surface area contributed by atoms with E-state index in [0.717, 1.165) is 19.3 Å². The number of carbonyl (C=O) groups is 4. The summed E-state index contributed by atoms with van der Waals surface area (Å²) in [6, 6.07) is 11.3. The van der Waals surface area contributed by atoms with Crippen LogP contribution in [0, 0.1) is 5.92 Å². The van der Waals surface area contributed by atoms with Gasteiger partial charge in [-0.25, -0.2) is 0 Å². The summed E-state index contributed by atoms with van der Waals surface area (Å²) in [7, 11) is 0. The number of carbonyl (C=O) groups excluding carboxylic acids is 4. The fraction of sp³-hybridized carbons (Fsp3) is 0.273. The van der Waals surface area contributed by atoms with Crippen molar-refractivity contribution in [3.8, 4) is 0 Å². The Morgan fingerprint density at radius 2 is 1.57 bits per heavy atom. The molecule has 0 aliphatic heterocycles. The Kier molecular flexibility index (Phi) is 4.55. The molecule has 6 heteroatoms. The van der Waals surface area contributed by atoms with Crippen LogP contribution in [0.2, 0.25) is 0 Å². The number of nitrogens with one attached hydrogen (secondary N) is 1. The average molecular weight is 377 g/mol. The Bertz CT molecular complexity index is 1010. The average Bonchev–Trinajstić information content (AvgIpc) is 2.64. The molecule has 2 aliphatic rings. The van der Waals surface area contributed by atoms with Crippen molar-refractivity contribution in [2.45, 2.75) is 32.3 Å². The molecule has 1 amide bonds. The van der Waals surface area contributed by atoms with Crippen LogP contribution >= 0.6 is 0 Å². The van der Waals surface area contributed by atoms with Crippen molar-refractivity contribution < 1.29 is 23.9 Å². The number of fused-ring (bicyclic) bond motifs is 2. The van der Waals surface area contributed by atoms with Crippen molar-refractivity contribution in [3.63, 3.8) is 0 Å². The molecule has 142 valence electrons. The van der Waals surface area contributed by atoms with Gasteiger partial charge in [0.15, 0.2) is 17.7 Å². The Morgan fingerprint density at radius 1 is 0.964 bits per heavy atom. The Morgan fingerprint density at radius 3 is 2.18 bits per heavy atom. The van der Waals surface area contributed by atoms with Crippen LogP contribution in [-0.4, -0.2) is 29.5 Å². The quantitative estimate of drug-likeness (QED) is 0.706. The van der Waals surface area contributed by atoms with Gasteiger partial charge in [0.25, 0.3) is 5.91 Å². The first kappa shape index (κ1) is 18.1. The number of benzene rings is 2. The molecule has 0 radical (unpaired) electrons. The first-order chi connectivity index (χ1) is 13.5. The molecule has 0 bridgehead atoms. The summed E-state index contributed by atoms with van der Waals surface area (Å²) in [6.45, 7) is 1.51. The van der Waals surface area contributed by atoms with E-state index >= 15 is 0 Å². The highest BCUT2D eigenvalue weighted by Crippen LogP contribution is 2.30. The van der Waals surface area contributed by atoms with Crippen LogP contribution in [0.3, 0.4) is 0 Å². The monoisotopic (exact) mass is 377 g/mol. The molecular formula is C22H19NO5. The lowest BCUT2D eigenvalue weighted by molar-refractivity contribution is -0.159. The van der Waals surface area contributed by atoms with Gasteiger partial charge in [-0.3, -0.25) is 19.2 Å². The van der Waals surface area contributed by atoms with E-state index < -0.39 is 12.0 Å². The van der Waals surface area contributed by atoms with Crippen LogP contribution in [0.15, 0.2) is 42.5 Å². The van der Waals surface area contributed by atoms with Crippen LogP contribution in [-0.2, 0) is 14.3 Å². The standard InChI is InChI=1S/C22H19NO5/c1-12(28-22(27)13-5-4-6-13)21(26)23-14-9-10-17-18(11-14)20(25)16-8-3-2-7-15(16)19(17)24/h2-3,7-13H,4-6H2,1H3,(H,23,26)/t12-/m0/s1. The summed E-state index contributed by atoms with van der Waals surface area (Å²) >= 11 is 0. The van der Waals surface area contributed by atoms with E-state index in [1.807, 2.05) is 0 Å². The Balaban J connectivity index is 1.51. The van der Waals surface area contributed by atoms with Crippen molar-refractivity contribution in [1.29, 1.82) is 0 Å². The van der Waals surface area contributed by atoms with Gasteiger partial charge in [-0.05, 0) is 38.0 Å². The third-order valence-corrected chi connectivity index (χ3v) is 5.29. The highest BCUT2D eigenvalue weighted by molar-refractivity contribution is 6.28. The van der Waals surface area contributed by atoms with Gasteiger partial charge >= 0.3 is 5.97 Å². The molecule has 0 spiro atoms. The second kappa shape index (κ2) is 7.03. The van der Waals surface area contributed by atoms with Gasteiger partial charge in [0.05, 0.1) is 5.92 Å². The molecule has 0 unspecified atom stereocenters. The van der Waals surface area contributed by atoms with Gasteiger partial charge in [-0.15, -0.1) is 0 Å². The minimum absolute atomic E-state index is 0.109. The predicted molar refractivity (Wildman–Crippen MR) is 101 cm³/mol. The third kappa shape index (κ3) is 3.11. The maximum absolute atomic E-state index is 12.8. The van der Waals surface area contributed by atoms with Crippen molar-refractivity contribution in [3.05, 3.63) is 64.7 Å². The minimum Gasteiger partial charge on any atom is -0.452 e. The van der Waals surface area contributed by atoms with Crippen LogP contribution in [0.4, 0.5) is 5.69 Å². The first-order valence-electron chi connectivity index (χ1n) is 9.29. The van der Waals surface area contributed by atoms with E-state index in [4.69, 9.17) is 4.74 Å². The summed E-state index contributed by atoms with van der Waals surface area (Å²) in [4.78, 5) is 49.6. The van der Waals surface area contributed by atoms with E-state index in [1.54, 1.807) is 30.3 Å². The first-order valence-corrected chi connectivity index (χ1v) is 9.29. The number of ketones is 2. The molecule has 28 heavy (non-hydrogen) atoms. The molecular weight excluding hydrogens is 358 g/mol. The summed E-state index contributed by atoms with van der Waals surface area (Å²) in [5, 5.41) is 2.65. The van der Waals surface area contributed by atoms with Crippen LogP contribution < -0.4 is 5.32 Å². The van der Waals surface area contributed by atoms with Crippen LogP contribution in [0.5, 0.6) is 0 Å². The largest absolute Gasteiger partial charge is 0.452 e. The molecule has 2 aromatic rings. The Labute approximate surface area is 161 Å². The zero-order chi connectivity index (χ0) is 19.8. The molecule has 1 fully saturated rings. The van der Waals surface area contributed by atoms with Crippen molar-refractivity contribution in [2.75, 3.05) is 5.32 Å². The lowest BCUT2D eigenvalue weighted by atomic mass is 9.84. The third-order valence-electron chi connectivity index (χ3n) is 5.29. The van der Waals surface area contributed by atoms with Gasteiger partial charge in [0.2, 0.25) is 0 Å². The van der Waals surface area contributed by atoms with E-state index in [0.29, 0.717) is 22.4 Å². The molecule has 0 saturated heterocycles. The molecule has 0 heterocycles. The van der Waals surface area contributed by atoms with Gasteiger partial charge in [0, 0.05) is 27.9 Å². The molecule has 2 aliphatic carbocycles. The van der Waals surface area contributed by atoms with Crippen molar-refractivity contribution in [2.24, 2.45) is 5.92 Å². The number of hydrogen-bond donors (Lipinski definition) is 1. The molecule has 1 atom stereocenters. The fourth-order valence-electron chi connectivity index (χ4n) is 3.39. The maximum atomic E-state index is 12.8. The van der Waals surface area contributed by atoms with E-state index in [-0.39, 0.29) is 29.0 Å². The maximum Gasteiger partial charge on any atom is 0.309 e. The normalized spacial score (nSPS) is 16.5. The molecule has 1 saturated carbocycles. The summed E-state index contributed by atoms with van der Waals surface area (Å²) in [5.41, 5.74) is 1.67. The van der Waals surface area contributed by atoms with E-state index in [9.17, 15) is 19.2 Å². The number of anilines is 1. The molecule has 2 aromatic carbocycles. The second-order valence-electron chi connectivity index (χ2n) is 7.16. The zero-order valence-electron chi connectivity index (χ0n) is 15.4. The highest BCUT2D eigenvalue weighted by Gasteiger charge is 2.31. The lowest BCUT2D eigenvalue weighted by Crippen LogP contribution is -2.34. The molecule has 4 rings (SSSR count). The van der Waals surface area contributed by atoms with Crippen molar-refractivity contribution in [1.82, 2.24) is 0 Å². The number of esters is 1. The number of rotatable bonds is 4. The van der Waals surface area contributed by atoms with Crippen molar-refractivity contribution >= 4 is 29.1 Å². The summed E-state index contributed by atoms with van der Waals surface area (Å²) in [5.74, 6) is -1.42. The molecule has 0 aromatic heterocycles. The SMILES string of the molecule is C[C@H](OC(=O)C1CCC1)C(=O)Nc1ccc2c(c1)C(=O)c1ccccc1C2=O. The van der Waals surface area contributed by atoms with Gasteiger partial charge in [-0.1, -0.05) is 30.7 Å². The van der Waals surface area contributed by atoms with Crippen LogP contribution in [0.25, 0.3) is 0 Å². The fourth-order valence-corrected chi connectivity index (χ4v) is 3.39. The summed E-state index contributed by atoms with van der Waals surface area (Å²) < 4.78 is 5.21. The minimum atomic E-state index is -0.942. The molecule has 1 N–H and O–H groups in total. The highest BCUT2D eigenvalue weighted by atomic mass is 16.5. The number of ether oxygens (including phenoxy) is 1. The van der Waals surface area contributed by atoms with Gasteiger partial charge in [0.1, 0.15) is 0 Å². The van der Waals surface area contributed by atoms with Gasteiger partial charge < -0.3 is 10.1 Å². The lowest BCUT2D eigenvalue weighted by Gasteiger charge is -2.25. The van der Waals surface area contributed by atoms with E-state index in [2.05, 4.69) is 5.32 Å². The van der Waals surface area contributed by atoms with Crippen LogP contribution in [0.1, 0.15) is 58.0 Å². The number of hydrogen-bond acceptors (Lipinski definition) is 5. The zero-order valence-corrected chi connectivity index (χ0v) is 15.4. The van der Waals surface area contributed by atoms with Gasteiger partial charge in [-0.2, -0.15) is 0 Å². The molecule has 6 nitrogen and oxygen atoms in total. The Hall–Kier alpha value is -3.28. The topological polar surface area (TPSA) is 89.5 Å².